The van der Waals surface area contributed by atoms with Gasteiger partial charge in [-0.3, -0.25) is 0 Å². The van der Waals surface area contributed by atoms with E-state index in [4.69, 9.17) is 23.2 Å². The molecule has 0 radical (unpaired) electrons. The van der Waals surface area contributed by atoms with Gasteiger partial charge in [0, 0.05) is 23.3 Å². The first-order chi connectivity index (χ1) is 9.49. The van der Waals surface area contributed by atoms with Crippen molar-refractivity contribution in [2.75, 3.05) is 17.2 Å². The van der Waals surface area contributed by atoms with E-state index >= 15 is 0 Å². The lowest BCUT2D eigenvalue weighted by atomic mass is 10.2. The molecule has 1 heterocycles. The number of hydrogen-bond donors (Lipinski definition) is 2. The molecule has 0 bridgehead atoms. The van der Waals surface area contributed by atoms with Gasteiger partial charge in [-0.15, -0.1) is 0 Å². The number of nitrogens with zero attached hydrogens (tertiary/aromatic N) is 2. The van der Waals surface area contributed by atoms with Gasteiger partial charge in [0.05, 0.1) is 10.7 Å². The van der Waals surface area contributed by atoms with Gasteiger partial charge in [0.15, 0.2) is 0 Å². The molecule has 0 saturated carbocycles. The van der Waals surface area contributed by atoms with Crippen molar-refractivity contribution >= 4 is 40.7 Å². The molecule has 0 atom stereocenters. The van der Waals surface area contributed by atoms with Gasteiger partial charge < -0.3 is 10.6 Å². The van der Waals surface area contributed by atoms with Crippen LogP contribution in [-0.4, -0.2) is 16.5 Å². The average Bonchev–Trinajstić information content (AvgIpc) is 2.35. The molecule has 2 rings (SSSR count). The summed E-state index contributed by atoms with van der Waals surface area (Å²) in [5.74, 6) is 1.26. The number of nitrogens with one attached hydrogen (secondary N) is 2. The fourth-order valence-electron chi connectivity index (χ4n) is 1.75. The van der Waals surface area contributed by atoms with Crippen LogP contribution in [0.1, 0.15) is 18.2 Å². The van der Waals surface area contributed by atoms with E-state index in [1.165, 1.54) is 0 Å². The van der Waals surface area contributed by atoms with E-state index in [1.807, 2.05) is 32.9 Å². The number of benzene rings is 1. The highest BCUT2D eigenvalue weighted by atomic mass is 35.5. The number of hydrogen-bond acceptors (Lipinski definition) is 4. The largest absolute Gasteiger partial charge is 0.354 e. The average molecular weight is 311 g/mol. The Kier molecular flexibility index (Phi) is 4.68. The second-order valence-electron chi connectivity index (χ2n) is 4.45. The van der Waals surface area contributed by atoms with Crippen molar-refractivity contribution in [2.45, 2.75) is 20.8 Å². The van der Waals surface area contributed by atoms with E-state index in [9.17, 15) is 0 Å². The molecule has 2 aromatic rings. The number of aromatic nitrogens is 2. The summed E-state index contributed by atoms with van der Waals surface area (Å²) in [6, 6.07) is 5.47. The molecule has 0 aliphatic heterocycles. The molecule has 0 amide bonds. The van der Waals surface area contributed by atoms with Crippen LogP contribution in [0, 0.1) is 13.8 Å². The summed E-state index contributed by atoms with van der Waals surface area (Å²) in [5.41, 5.74) is 2.53. The number of rotatable bonds is 4. The third kappa shape index (κ3) is 3.52. The lowest BCUT2D eigenvalue weighted by molar-refractivity contribution is 1.05. The molecule has 1 aromatic carbocycles. The minimum Gasteiger partial charge on any atom is -0.354 e. The molecule has 0 aliphatic rings. The van der Waals surface area contributed by atoms with Crippen LogP contribution >= 0.6 is 23.2 Å². The van der Waals surface area contributed by atoms with E-state index in [-0.39, 0.29) is 0 Å². The summed E-state index contributed by atoms with van der Waals surface area (Å²) in [4.78, 5) is 8.67. The number of halogens is 2. The lowest BCUT2D eigenvalue weighted by Crippen LogP contribution is -2.05. The maximum absolute atomic E-state index is 6.21. The maximum atomic E-state index is 6.21. The number of anilines is 3. The van der Waals surface area contributed by atoms with Crippen LogP contribution < -0.4 is 10.6 Å². The molecular weight excluding hydrogens is 295 g/mol. The molecule has 0 saturated heterocycles. The zero-order valence-corrected chi connectivity index (χ0v) is 13.1. The molecule has 0 aliphatic carbocycles. The van der Waals surface area contributed by atoms with Crippen LogP contribution in [-0.2, 0) is 0 Å². The van der Waals surface area contributed by atoms with E-state index in [1.54, 1.807) is 6.07 Å². The smallest absolute Gasteiger partial charge is 0.224 e. The molecule has 4 nitrogen and oxygen atoms in total. The molecule has 20 heavy (non-hydrogen) atoms. The molecule has 0 spiro atoms. The van der Waals surface area contributed by atoms with Crippen molar-refractivity contribution < 1.29 is 0 Å². The Morgan fingerprint density at radius 1 is 1.05 bits per heavy atom. The van der Waals surface area contributed by atoms with E-state index in [0.717, 1.165) is 23.5 Å². The van der Waals surface area contributed by atoms with Crippen LogP contribution in [0.15, 0.2) is 18.2 Å². The van der Waals surface area contributed by atoms with Gasteiger partial charge in [-0.2, -0.15) is 4.98 Å². The first-order valence-corrected chi connectivity index (χ1v) is 7.07. The highest BCUT2D eigenvalue weighted by Crippen LogP contribution is 2.30. The summed E-state index contributed by atoms with van der Waals surface area (Å²) in [6.45, 7) is 6.59. The maximum Gasteiger partial charge on any atom is 0.224 e. The van der Waals surface area contributed by atoms with E-state index < -0.39 is 0 Å². The number of aryl methyl sites for hydroxylation is 2. The summed E-state index contributed by atoms with van der Waals surface area (Å²) in [5, 5.41) is 7.53. The third-order valence-corrected chi connectivity index (χ3v) is 3.42. The zero-order valence-electron chi connectivity index (χ0n) is 11.6. The van der Waals surface area contributed by atoms with Gasteiger partial charge in [-0.1, -0.05) is 23.2 Å². The summed E-state index contributed by atoms with van der Waals surface area (Å²) >= 11 is 12.3. The monoisotopic (exact) mass is 310 g/mol. The van der Waals surface area contributed by atoms with Crippen LogP contribution in [0.4, 0.5) is 17.5 Å². The van der Waals surface area contributed by atoms with Gasteiger partial charge in [0.1, 0.15) is 5.82 Å². The Hall–Kier alpha value is -1.52. The third-order valence-electron chi connectivity index (χ3n) is 2.70. The van der Waals surface area contributed by atoms with Crippen molar-refractivity contribution in [3.63, 3.8) is 0 Å². The van der Waals surface area contributed by atoms with E-state index in [2.05, 4.69) is 20.6 Å². The molecule has 106 valence electrons. The molecule has 1 aromatic heterocycles. The summed E-state index contributed by atoms with van der Waals surface area (Å²) in [7, 11) is 0. The fraction of sp³-hybridized carbons (Fsp3) is 0.286. The van der Waals surface area contributed by atoms with Crippen molar-refractivity contribution in [2.24, 2.45) is 0 Å². The lowest BCUT2D eigenvalue weighted by Gasteiger charge is -2.11. The topological polar surface area (TPSA) is 49.8 Å². The summed E-state index contributed by atoms with van der Waals surface area (Å²) in [6.07, 6.45) is 0. The molecule has 0 unspecified atom stereocenters. The molecule has 6 heteroatoms. The van der Waals surface area contributed by atoms with Crippen LogP contribution in [0.25, 0.3) is 0 Å². The molecule has 2 N–H and O–H groups in total. The van der Waals surface area contributed by atoms with Gasteiger partial charge in [-0.05, 0) is 38.5 Å². The summed E-state index contributed by atoms with van der Waals surface area (Å²) < 4.78 is 0. The molecular formula is C14H16Cl2N4. The zero-order chi connectivity index (χ0) is 14.7. The van der Waals surface area contributed by atoms with Gasteiger partial charge >= 0.3 is 0 Å². The first kappa shape index (κ1) is 14.9. The Balaban J connectivity index is 2.32. The fourth-order valence-corrected chi connectivity index (χ4v) is 2.18. The van der Waals surface area contributed by atoms with Gasteiger partial charge in [0.25, 0.3) is 0 Å². The Morgan fingerprint density at radius 2 is 1.80 bits per heavy atom. The van der Waals surface area contributed by atoms with Crippen molar-refractivity contribution in [3.8, 4) is 0 Å². The highest BCUT2D eigenvalue weighted by molar-refractivity contribution is 6.35. The Bertz CT molecular complexity index is 629. The van der Waals surface area contributed by atoms with Gasteiger partial charge in [-0.25, -0.2) is 4.98 Å². The quantitative estimate of drug-likeness (QED) is 0.868. The Labute approximate surface area is 128 Å². The van der Waals surface area contributed by atoms with Crippen LogP contribution in [0.3, 0.4) is 0 Å². The first-order valence-electron chi connectivity index (χ1n) is 6.32. The Morgan fingerprint density at radius 3 is 2.50 bits per heavy atom. The van der Waals surface area contributed by atoms with Crippen molar-refractivity contribution in [1.29, 1.82) is 0 Å². The second kappa shape index (κ2) is 6.29. The second-order valence-corrected chi connectivity index (χ2v) is 5.27. The normalized spacial score (nSPS) is 10.4. The standard InChI is InChI=1S/C14H16Cl2N4/c1-4-17-14-18-9(3)6-13(20-14)19-12-7-10(15)8(2)5-11(12)16/h5-7H,4H2,1-3H3,(H2,17,18,19,20). The SMILES string of the molecule is CCNc1nc(C)cc(Nc2cc(Cl)c(C)cc2Cl)n1. The van der Waals surface area contributed by atoms with Crippen molar-refractivity contribution in [1.82, 2.24) is 9.97 Å². The van der Waals surface area contributed by atoms with Crippen molar-refractivity contribution in [3.05, 3.63) is 39.5 Å². The minimum absolute atomic E-state index is 0.587. The predicted molar refractivity (Wildman–Crippen MR) is 85.4 cm³/mol. The predicted octanol–water partition coefficient (Wildman–Crippen LogP) is 4.58. The van der Waals surface area contributed by atoms with Gasteiger partial charge in [0.2, 0.25) is 5.95 Å². The van der Waals surface area contributed by atoms with Crippen LogP contribution in [0.5, 0.6) is 0 Å². The van der Waals surface area contributed by atoms with E-state index in [0.29, 0.717) is 21.8 Å². The minimum atomic E-state index is 0.587. The van der Waals surface area contributed by atoms with Crippen LogP contribution in [0.2, 0.25) is 10.0 Å². The molecule has 0 fully saturated rings. The highest BCUT2D eigenvalue weighted by Gasteiger charge is 2.07.